The van der Waals surface area contributed by atoms with Crippen LogP contribution in [-0.2, 0) is 4.79 Å². The van der Waals surface area contributed by atoms with Crippen LogP contribution in [0.3, 0.4) is 0 Å². The van der Waals surface area contributed by atoms with Crippen LogP contribution in [0.1, 0.15) is 20.8 Å². The topological polar surface area (TPSA) is 58.4 Å². The minimum absolute atomic E-state index is 0.130. The van der Waals surface area contributed by atoms with Crippen LogP contribution in [0.5, 0.6) is 0 Å². The van der Waals surface area contributed by atoms with Gasteiger partial charge in [0.15, 0.2) is 0 Å². The molecule has 4 heteroatoms. The Bertz CT molecular complexity index is 123. The van der Waals surface area contributed by atoms with Crippen LogP contribution in [0.15, 0.2) is 0 Å². The van der Waals surface area contributed by atoms with E-state index in [1.807, 2.05) is 25.7 Å². The first kappa shape index (κ1) is 10.4. The van der Waals surface area contributed by atoms with Gasteiger partial charge in [-0.3, -0.25) is 15.1 Å². The van der Waals surface area contributed by atoms with E-state index in [0.29, 0.717) is 0 Å². The van der Waals surface area contributed by atoms with Gasteiger partial charge in [0.05, 0.1) is 6.04 Å². The van der Waals surface area contributed by atoms with Gasteiger partial charge < -0.3 is 0 Å². The van der Waals surface area contributed by atoms with Gasteiger partial charge in [0, 0.05) is 0 Å². The lowest BCUT2D eigenvalue weighted by Crippen LogP contribution is -2.47. The molecule has 0 aliphatic rings. The molecule has 0 aliphatic carbocycles. The fourth-order valence-corrected chi connectivity index (χ4v) is 1.06. The molecule has 66 valence electrons. The molecule has 0 spiro atoms. The number of likely N-dealkylation sites (N-methyl/N-ethyl adjacent to an activating group) is 1. The second kappa shape index (κ2) is 5.09. The van der Waals surface area contributed by atoms with Gasteiger partial charge in [0.25, 0.3) is 5.91 Å². The number of nitrogens with two attached hydrogens (primary N) is 1. The highest BCUT2D eigenvalue weighted by Crippen LogP contribution is 1.96. The summed E-state index contributed by atoms with van der Waals surface area (Å²) in [5.41, 5.74) is 2.13. The van der Waals surface area contributed by atoms with Gasteiger partial charge in [-0.15, -0.1) is 0 Å². The van der Waals surface area contributed by atoms with E-state index in [0.717, 1.165) is 13.1 Å². The first-order valence-corrected chi connectivity index (χ1v) is 3.91. The summed E-state index contributed by atoms with van der Waals surface area (Å²) in [5, 5.41) is 0. The molecule has 0 aromatic rings. The second-order valence-corrected chi connectivity index (χ2v) is 2.41. The summed E-state index contributed by atoms with van der Waals surface area (Å²) in [6, 6.07) is -0.130. The first-order valence-electron chi connectivity index (χ1n) is 3.91. The Kier molecular flexibility index (Phi) is 4.81. The molecule has 4 nitrogen and oxygen atoms in total. The molecular weight excluding hydrogens is 142 g/mol. The molecule has 0 aromatic heterocycles. The molecule has 0 heterocycles. The third kappa shape index (κ3) is 2.86. The minimum atomic E-state index is -0.131. The van der Waals surface area contributed by atoms with E-state index < -0.39 is 0 Å². The van der Waals surface area contributed by atoms with Crippen LogP contribution in [-0.4, -0.2) is 29.9 Å². The van der Waals surface area contributed by atoms with E-state index in [2.05, 4.69) is 5.43 Å². The fraction of sp³-hybridized carbons (Fsp3) is 0.857. The quantitative estimate of drug-likeness (QED) is 0.336. The number of rotatable bonds is 4. The zero-order valence-corrected chi connectivity index (χ0v) is 7.42. The Morgan fingerprint density at radius 1 is 1.55 bits per heavy atom. The average molecular weight is 159 g/mol. The molecule has 0 fully saturated rings. The molecule has 1 atom stereocenters. The van der Waals surface area contributed by atoms with Crippen LogP contribution >= 0.6 is 0 Å². The highest BCUT2D eigenvalue weighted by atomic mass is 16.2. The van der Waals surface area contributed by atoms with Crippen LogP contribution in [0, 0.1) is 0 Å². The molecule has 0 aliphatic heterocycles. The normalized spacial score (nSPS) is 13.2. The van der Waals surface area contributed by atoms with E-state index in [4.69, 9.17) is 5.84 Å². The zero-order valence-electron chi connectivity index (χ0n) is 7.42. The van der Waals surface area contributed by atoms with Crippen LogP contribution in [0.4, 0.5) is 0 Å². The Labute approximate surface area is 67.7 Å². The molecular formula is C7H17N3O. The van der Waals surface area contributed by atoms with E-state index in [1.165, 1.54) is 0 Å². The Morgan fingerprint density at radius 2 is 2.00 bits per heavy atom. The van der Waals surface area contributed by atoms with E-state index >= 15 is 0 Å². The lowest BCUT2D eigenvalue weighted by atomic mass is 10.2. The second-order valence-electron chi connectivity index (χ2n) is 2.41. The molecule has 0 aromatic carbocycles. The molecule has 0 rings (SSSR count). The molecule has 0 radical (unpaired) electrons. The highest BCUT2D eigenvalue weighted by Gasteiger charge is 2.16. The number of hydrogen-bond donors (Lipinski definition) is 2. The molecule has 0 bridgehead atoms. The summed E-state index contributed by atoms with van der Waals surface area (Å²) in [6.07, 6.45) is 0. The van der Waals surface area contributed by atoms with Crippen molar-refractivity contribution in [1.29, 1.82) is 0 Å². The van der Waals surface area contributed by atoms with Gasteiger partial charge in [-0.05, 0) is 20.0 Å². The summed E-state index contributed by atoms with van der Waals surface area (Å²) in [7, 11) is 0. The lowest BCUT2D eigenvalue weighted by Gasteiger charge is -2.24. The third-order valence-electron chi connectivity index (χ3n) is 1.88. The zero-order chi connectivity index (χ0) is 8.85. The summed E-state index contributed by atoms with van der Waals surface area (Å²) < 4.78 is 0. The Hall–Kier alpha value is -0.610. The van der Waals surface area contributed by atoms with Crippen molar-refractivity contribution in [3.8, 4) is 0 Å². The minimum Gasteiger partial charge on any atom is -0.293 e. The number of hydrogen-bond acceptors (Lipinski definition) is 3. The van der Waals surface area contributed by atoms with Gasteiger partial charge in [-0.25, -0.2) is 5.84 Å². The third-order valence-corrected chi connectivity index (χ3v) is 1.88. The largest absolute Gasteiger partial charge is 0.293 e. The van der Waals surface area contributed by atoms with Crippen molar-refractivity contribution in [3.63, 3.8) is 0 Å². The maximum Gasteiger partial charge on any atom is 0.250 e. The Balaban J connectivity index is 3.97. The molecule has 1 amide bonds. The van der Waals surface area contributed by atoms with Crippen molar-refractivity contribution < 1.29 is 4.79 Å². The van der Waals surface area contributed by atoms with Crippen molar-refractivity contribution in [2.24, 2.45) is 5.84 Å². The molecule has 3 N–H and O–H groups in total. The maximum absolute atomic E-state index is 11.0. The van der Waals surface area contributed by atoms with E-state index in [1.54, 1.807) is 0 Å². The predicted octanol–water partition coefficient (Wildman–Crippen LogP) is -0.293. The fourth-order valence-electron chi connectivity index (χ4n) is 1.06. The summed E-state index contributed by atoms with van der Waals surface area (Å²) in [5.74, 6) is 4.86. The smallest absolute Gasteiger partial charge is 0.250 e. The monoisotopic (exact) mass is 159 g/mol. The standard InChI is InChI=1S/C7H17N3O/c1-4-10(5-2)6(3)7(11)9-8/h6H,4-5,8H2,1-3H3,(H,9,11)/t6-/m0/s1. The predicted molar refractivity (Wildman–Crippen MR) is 44.7 cm³/mol. The van der Waals surface area contributed by atoms with Gasteiger partial charge in [-0.1, -0.05) is 13.8 Å². The van der Waals surface area contributed by atoms with Crippen molar-refractivity contribution in [2.45, 2.75) is 26.8 Å². The number of nitrogens with zero attached hydrogens (tertiary/aromatic N) is 1. The summed E-state index contributed by atoms with van der Waals surface area (Å²) >= 11 is 0. The van der Waals surface area contributed by atoms with Crippen LogP contribution < -0.4 is 11.3 Å². The van der Waals surface area contributed by atoms with Gasteiger partial charge in [0.2, 0.25) is 0 Å². The van der Waals surface area contributed by atoms with Gasteiger partial charge in [0.1, 0.15) is 0 Å². The molecule has 11 heavy (non-hydrogen) atoms. The van der Waals surface area contributed by atoms with Crippen molar-refractivity contribution in [3.05, 3.63) is 0 Å². The lowest BCUT2D eigenvalue weighted by molar-refractivity contribution is -0.125. The van der Waals surface area contributed by atoms with Crippen molar-refractivity contribution in [2.75, 3.05) is 13.1 Å². The number of carbonyl (C=O) groups excluding carboxylic acids is 1. The highest BCUT2D eigenvalue weighted by molar-refractivity contribution is 5.80. The van der Waals surface area contributed by atoms with Gasteiger partial charge >= 0.3 is 0 Å². The van der Waals surface area contributed by atoms with E-state index in [-0.39, 0.29) is 11.9 Å². The average Bonchev–Trinajstić information content (AvgIpc) is 2.05. The van der Waals surface area contributed by atoms with Gasteiger partial charge in [-0.2, -0.15) is 0 Å². The number of nitrogens with one attached hydrogen (secondary N) is 1. The number of carbonyl (C=O) groups is 1. The van der Waals surface area contributed by atoms with Crippen LogP contribution in [0.2, 0.25) is 0 Å². The number of amides is 1. The van der Waals surface area contributed by atoms with Crippen LogP contribution in [0.25, 0.3) is 0 Å². The molecule has 0 unspecified atom stereocenters. The first-order chi connectivity index (χ1) is 5.17. The summed E-state index contributed by atoms with van der Waals surface area (Å²) in [4.78, 5) is 13.0. The molecule has 0 saturated carbocycles. The van der Waals surface area contributed by atoms with E-state index in [9.17, 15) is 4.79 Å². The Morgan fingerprint density at radius 3 is 2.27 bits per heavy atom. The number of hydrazine groups is 1. The molecule has 0 saturated heterocycles. The van der Waals surface area contributed by atoms with Crippen molar-refractivity contribution in [1.82, 2.24) is 10.3 Å². The SMILES string of the molecule is CCN(CC)[C@@H](C)C(=O)NN. The maximum atomic E-state index is 11.0. The van der Waals surface area contributed by atoms with Crippen molar-refractivity contribution >= 4 is 5.91 Å². The summed E-state index contributed by atoms with van der Waals surface area (Å²) in [6.45, 7) is 7.61.